The Morgan fingerprint density at radius 3 is 2.58 bits per heavy atom. The van der Waals surface area contributed by atoms with E-state index in [1.807, 2.05) is 0 Å². The van der Waals surface area contributed by atoms with Crippen LogP contribution >= 0.6 is 11.8 Å². The lowest BCUT2D eigenvalue weighted by atomic mass is 10.1. The van der Waals surface area contributed by atoms with Gasteiger partial charge in [-0.1, -0.05) is 12.1 Å². The zero-order chi connectivity index (χ0) is 17.9. The van der Waals surface area contributed by atoms with Crippen LogP contribution in [0.1, 0.15) is 23.7 Å². The summed E-state index contributed by atoms with van der Waals surface area (Å²) in [6.45, 7) is 0. The first-order valence-corrected chi connectivity index (χ1v) is 9.03. The second-order valence-electron chi connectivity index (χ2n) is 5.94. The monoisotopic (exact) mass is 370 g/mol. The number of pyridine rings is 1. The molecular weight excluding hydrogens is 355 g/mol. The number of hydrogen-bond donors (Lipinski definition) is 1. The lowest BCUT2D eigenvalue weighted by Crippen LogP contribution is -2.29. The summed E-state index contributed by atoms with van der Waals surface area (Å²) in [4.78, 5) is 16.6. The van der Waals surface area contributed by atoms with E-state index >= 15 is 0 Å². The van der Waals surface area contributed by atoms with Gasteiger partial charge in [-0.25, -0.2) is 4.39 Å². The van der Waals surface area contributed by atoms with Crippen molar-refractivity contribution in [1.82, 2.24) is 20.5 Å². The number of rotatable bonds is 6. The van der Waals surface area contributed by atoms with Gasteiger partial charge in [0, 0.05) is 24.0 Å². The number of amides is 1. The van der Waals surface area contributed by atoms with E-state index in [2.05, 4.69) is 20.5 Å². The Bertz CT molecular complexity index is 897. The van der Waals surface area contributed by atoms with Crippen molar-refractivity contribution in [1.29, 1.82) is 0 Å². The Kier molecular flexibility index (Phi) is 4.66. The molecule has 0 radical (unpaired) electrons. The lowest BCUT2D eigenvalue weighted by Gasteiger charge is -2.14. The Hall–Kier alpha value is -2.74. The summed E-state index contributed by atoms with van der Waals surface area (Å²) in [5.41, 5.74) is 1.43. The molecule has 1 amide bonds. The number of nitrogens with one attached hydrogen (secondary N) is 1. The van der Waals surface area contributed by atoms with E-state index in [0.29, 0.717) is 11.5 Å². The van der Waals surface area contributed by atoms with Gasteiger partial charge in [-0.15, -0.1) is 10.2 Å². The van der Waals surface area contributed by atoms with Gasteiger partial charge in [0.15, 0.2) is 0 Å². The minimum atomic E-state index is -0.595. The highest BCUT2D eigenvalue weighted by atomic mass is 32.2. The summed E-state index contributed by atoms with van der Waals surface area (Å²) in [5.74, 6) is -0.138. The highest BCUT2D eigenvalue weighted by Gasteiger charge is 2.30. The number of carbonyl (C=O) groups is 1. The van der Waals surface area contributed by atoms with Gasteiger partial charge in [0.1, 0.15) is 11.1 Å². The molecule has 132 valence electrons. The summed E-state index contributed by atoms with van der Waals surface area (Å²) in [5, 5.41) is 10.7. The van der Waals surface area contributed by atoms with Crippen molar-refractivity contribution in [2.24, 2.45) is 0 Å². The third kappa shape index (κ3) is 3.91. The van der Waals surface area contributed by atoms with Crippen LogP contribution in [-0.2, 0) is 4.79 Å². The number of carbonyl (C=O) groups excluding carboxylic acids is 1. The topological polar surface area (TPSA) is 80.9 Å². The molecule has 1 aromatic carbocycles. The molecule has 4 rings (SSSR count). The van der Waals surface area contributed by atoms with Crippen molar-refractivity contribution in [2.45, 2.75) is 29.4 Å². The van der Waals surface area contributed by atoms with Crippen LogP contribution in [0.2, 0.25) is 0 Å². The van der Waals surface area contributed by atoms with Crippen molar-refractivity contribution in [3.63, 3.8) is 0 Å². The van der Waals surface area contributed by atoms with Gasteiger partial charge in [-0.05, 0) is 54.4 Å². The first-order valence-electron chi connectivity index (χ1n) is 8.15. The minimum absolute atomic E-state index is 0.146. The molecule has 3 aromatic rings. The van der Waals surface area contributed by atoms with E-state index in [1.54, 1.807) is 36.7 Å². The first-order chi connectivity index (χ1) is 12.7. The standard InChI is InChI=1S/C18H15FN4O2S/c19-13-3-1-11(2-4-13)15(16(24)21-14-5-6-14)26-18-23-22-17(25-18)12-7-9-20-10-8-12/h1-4,7-10,14-15H,5-6H2,(H,21,24). The van der Waals surface area contributed by atoms with Gasteiger partial charge >= 0.3 is 0 Å². The van der Waals surface area contributed by atoms with Crippen molar-refractivity contribution in [3.8, 4) is 11.5 Å². The summed E-state index contributed by atoms with van der Waals surface area (Å²) < 4.78 is 18.9. The molecule has 1 aliphatic carbocycles. The van der Waals surface area contributed by atoms with Crippen molar-refractivity contribution in [3.05, 3.63) is 60.2 Å². The fraction of sp³-hybridized carbons (Fsp3) is 0.222. The molecule has 2 aromatic heterocycles. The van der Waals surface area contributed by atoms with E-state index in [1.165, 1.54) is 12.1 Å². The average molecular weight is 370 g/mol. The van der Waals surface area contributed by atoms with Crippen LogP contribution in [0.15, 0.2) is 58.4 Å². The fourth-order valence-electron chi connectivity index (χ4n) is 2.38. The molecule has 26 heavy (non-hydrogen) atoms. The normalized spacial score (nSPS) is 14.8. The molecule has 0 bridgehead atoms. The van der Waals surface area contributed by atoms with E-state index < -0.39 is 5.25 Å². The minimum Gasteiger partial charge on any atom is -0.411 e. The summed E-state index contributed by atoms with van der Waals surface area (Å²) in [6.07, 6.45) is 5.24. The summed E-state index contributed by atoms with van der Waals surface area (Å²) in [6, 6.07) is 9.62. The molecule has 1 N–H and O–H groups in total. The van der Waals surface area contributed by atoms with Crippen LogP contribution in [-0.4, -0.2) is 27.1 Å². The number of hydrogen-bond acceptors (Lipinski definition) is 6. The van der Waals surface area contributed by atoms with Gasteiger partial charge in [0.05, 0.1) is 0 Å². The van der Waals surface area contributed by atoms with Crippen LogP contribution in [0, 0.1) is 5.82 Å². The number of nitrogens with zero attached hydrogens (tertiary/aromatic N) is 3. The fourth-order valence-corrected chi connectivity index (χ4v) is 3.27. The van der Waals surface area contributed by atoms with Crippen LogP contribution < -0.4 is 5.32 Å². The molecule has 1 unspecified atom stereocenters. The van der Waals surface area contributed by atoms with Crippen LogP contribution in [0.25, 0.3) is 11.5 Å². The molecular formula is C18H15FN4O2S. The summed E-state index contributed by atoms with van der Waals surface area (Å²) >= 11 is 1.15. The molecule has 0 spiro atoms. The Labute approximate surface area is 153 Å². The molecule has 1 fully saturated rings. The smallest absolute Gasteiger partial charge is 0.277 e. The number of benzene rings is 1. The predicted octanol–water partition coefficient (Wildman–Crippen LogP) is 3.38. The summed E-state index contributed by atoms with van der Waals surface area (Å²) in [7, 11) is 0. The molecule has 2 heterocycles. The number of halogens is 1. The van der Waals surface area contributed by atoms with Gasteiger partial charge in [-0.2, -0.15) is 0 Å². The zero-order valence-corrected chi connectivity index (χ0v) is 14.4. The SMILES string of the molecule is O=C(NC1CC1)C(Sc1nnc(-c2ccncc2)o1)c1ccc(F)cc1. The third-order valence-electron chi connectivity index (χ3n) is 3.89. The highest BCUT2D eigenvalue weighted by Crippen LogP contribution is 2.36. The van der Waals surface area contributed by atoms with Crippen molar-refractivity contribution in [2.75, 3.05) is 0 Å². The Morgan fingerprint density at radius 2 is 1.88 bits per heavy atom. The number of thioether (sulfide) groups is 1. The van der Waals surface area contributed by atoms with E-state index in [0.717, 1.165) is 30.2 Å². The predicted molar refractivity (Wildman–Crippen MR) is 93.7 cm³/mol. The van der Waals surface area contributed by atoms with E-state index in [9.17, 15) is 9.18 Å². The van der Waals surface area contributed by atoms with Crippen LogP contribution in [0.4, 0.5) is 4.39 Å². The molecule has 1 atom stereocenters. The van der Waals surface area contributed by atoms with Gasteiger partial charge in [-0.3, -0.25) is 9.78 Å². The third-order valence-corrected chi connectivity index (χ3v) is 4.98. The van der Waals surface area contributed by atoms with Crippen LogP contribution in [0.5, 0.6) is 0 Å². The Balaban J connectivity index is 1.57. The Morgan fingerprint density at radius 1 is 1.15 bits per heavy atom. The largest absolute Gasteiger partial charge is 0.411 e. The second kappa shape index (κ2) is 7.25. The molecule has 8 heteroatoms. The van der Waals surface area contributed by atoms with Crippen molar-refractivity contribution < 1.29 is 13.6 Å². The lowest BCUT2D eigenvalue weighted by molar-refractivity contribution is -0.120. The number of aromatic nitrogens is 3. The highest BCUT2D eigenvalue weighted by molar-refractivity contribution is 8.00. The molecule has 0 aliphatic heterocycles. The second-order valence-corrected chi connectivity index (χ2v) is 7.00. The molecule has 6 nitrogen and oxygen atoms in total. The van der Waals surface area contributed by atoms with Crippen molar-refractivity contribution >= 4 is 17.7 Å². The maximum Gasteiger partial charge on any atom is 0.277 e. The van der Waals surface area contributed by atoms with Gasteiger partial charge in [0.2, 0.25) is 11.8 Å². The molecule has 1 aliphatic rings. The molecule has 1 saturated carbocycles. The van der Waals surface area contributed by atoms with Crippen LogP contribution in [0.3, 0.4) is 0 Å². The van der Waals surface area contributed by atoms with Gasteiger partial charge in [0.25, 0.3) is 5.22 Å². The average Bonchev–Trinajstić information content (AvgIpc) is 3.35. The van der Waals surface area contributed by atoms with E-state index in [4.69, 9.17) is 4.42 Å². The zero-order valence-electron chi connectivity index (χ0n) is 13.6. The van der Waals surface area contributed by atoms with Gasteiger partial charge < -0.3 is 9.73 Å². The quantitative estimate of drug-likeness (QED) is 0.670. The van der Waals surface area contributed by atoms with E-state index in [-0.39, 0.29) is 23.0 Å². The molecule has 0 saturated heterocycles. The first kappa shape index (κ1) is 16.7. The maximum absolute atomic E-state index is 13.2. The maximum atomic E-state index is 13.2.